The summed E-state index contributed by atoms with van der Waals surface area (Å²) in [5.41, 5.74) is 6.50. The van der Waals surface area contributed by atoms with Crippen molar-refractivity contribution in [1.82, 2.24) is 15.8 Å². The lowest BCUT2D eigenvalue weighted by Crippen LogP contribution is -2.42. The Kier molecular flexibility index (Phi) is 5.40. The minimum Gasteiger partial charge on any atom is -0.465 e. The number of H-pyrrole nitrogens is 1. The molecular formula is C16H16BrN3O4. The van der Waals surface area contributed by atoms with Gasteiger partial charge in [0, 0.05) is 15.7 Å². The molecule has 1 aromatic carbocycles. The number of carbonyl (C=O) groups is 3. The summed E-state index contributed by atoms with van der Waals surface area (Å²) >= 11 is 3.28. The summed E-state index contributed by atoms with van der Waals surface area (Å²) in [7, 11) is 1.27. The van der Waals surface area contributed by atoms with E-state index in [1.54, 1.807) is 38.1 Å². The summed E-state index contributed by atoms with van der Waals surface area (Å²) in [6, 6.07) is 6.67. The van der Waals surface area contributed by atoms with Gasteiger partial charge >= 0.3 is 5.97 Å². The van der Waals surface area contributed by atoms with Gasteiger partial charge in [0.1, 0.15) is 5.69 Å². The van der Waals surface area contributed by atoms with E-state index in [9.17, 15) is 14.4 Å². The van der Waals surface area contributed by atoms with Gasteiger partial charge < -0.3 is 9.72 Å². The highest BCUT2D eigenvalue weighted by Gasteiger charge is 2.22. The Labute approximate surface area is 146 Å². The van der Waals surface area contributed by atoms with Gasteiger partial charge in [0.05, 0.1) is 12.7 Å². The molecule has 0 saturated carbocycles. The quantitative estimate of drug-likeness (QED) is 0.549. The number of rotatable bonds is 3. The van der Waals surface area contributed by atoms with Crippen molar-refractivity contribution in [2.24, 2.45) is 0 Å². The lowest BCUT2D eigenvalue weighted by Gasteiger charge is -2.07. The van der Waals surface area contributed by atoms with Gasteiger partial charge in [0.15, 0.2) is 0 Å². The van der Waals surface area contributed by atoms with Crippen LogP contribution < -0.4 is 10.9 Å². The van der Waals surface area contributed by atoms with Gasteiger partial charge in [-0.25, -0.2) is 4.79 Å². The maximum absolute atomic E-state index is 12.2. The molecule has 0 unspecified atom stereocenters. The Bertz CT molecular complexity index is 796. The van der Waals surface area contributed by atoms with E-state index in [1.165, 1.54) is 7.11 Å². The van der Waals surface area contributed by atoms with Gasteiger partial charge in [-0.1, -0.05) is 15.9 Å². The molecule has 126 valence electrons. The number of hydrogen-bond donors (Lipinski definition) is 3. The van der Waals surface area contributed by atoms with E-state index >= 15 is 0 Å². The van der Waals surface area contributed by atoms with Crippen LogP contribution in [0.2, 0.25) is 0 Å². The summed E-state index contributed by atoms with van der Waals surface area (Å²) in [6.45, 7) is 3.29. The molecule has 2 amide bonds. The van der Waals surface area contributed by atoms with Gasteiger partial charge in [-0.05, 0) is 43.7 Å². The number of carbonyl (C=O) groups excluding carboxylic acids is 3. The van der Waals surface area contributed by atoms with Crippen LogP contribution in [0.5, 0.6) is 0 Å². The van der Waals surface area contributed by atoms with Crippen LogP contribution >= 0.6 is 15.9 Å². The van der Waals surface area contributed by atoms with Crippen molar-refractivity contribution < 1.29 is 19.1 Å². The summed E-state index contributed by atoms with van der Waals surface area (Å²) in [5.74, 6) is -1.54. The molecule has 1 aromatic heterocycles. The zero-order valence-electron chi connectivity index (χ0n) is 13.3. The predicted octanol–water partition coefficient (Wildman–Crippen LogP) is 2.26. The molecule has 0 bridgehead atoms. The molecule has 3 N–H and O–H groups in total. The number of amides is 2. The largest absolute Gasteiger partial charge is 0.465 e. The Morgan fingerprint density at radius 3 is 2.21 bits per heavy atom. The van der Waals surface area contributed by atoms with Gasteiger partial charge in [0.25, 0.3) is 11.8 Å². The second kappa shape index (κ2) is 7.31. The van der Waals surface area contributed by atoms with E-state index in [0.29, 0.717) is 22.4 Å². The third kappa shape index (κ3) is 3.65. The minimum absolute atomic E-state index is 0.184. The number of hydrazine groups is 1. The van der Waals surface area contributed by atoms with Gasteiger partial charge in [-0.2, -0.15) is 0 Å². The third-order valence-corrected chi connectivity index (χ3v) is 3.98. The second-order valence-electron chi connectivity index (χ2n) is 5.03. The summed E-state index contributed by atoms with van der Waals surface area (Å²) in [5, 5.41) is 0. The maximum atomic E-state index is 12.2. The smallest absolute Gasteiger partial charge is 0.339 e. The molecule has 0 aliphatic rings. The summed E-state index contributed by atoms with van der Waals surface area (Å²) in [6.07, 6.45) is 0. The van der Waals surface area contributed by atoms with Crippen molar-refractivity contribution in [1.29, 1.82) is 0 Å². The van der Waals surface area contributed by atoms with Crippen molar-refractivity contribution in [3.05, 3.63) is 56.8 Å². The van der Waals surface area contributed by atoms with Crippen LogP contribution in [0.15, 0.2) is 28.7 Å². The molecule has 8 heteroatoms. The van der Waals surface area contributed by atoms with E-state index in [-0.39, 0.29) is 5.69 Å². The number of esters is 1. The molecule has 1 heterocycles. The molecule has 0 spiro atoms. The predicted molar refractivity (Wildman–Crippen MR) is 90.7 cm³/mol. The molecule has 0 aliphatic heterocycles. The molecule has 0 radical (unpaired) electrons. The summed E-state index contributed by atoms with van der Waals surface area (Å²) < 4.78 is 5.54. The third-order valence-electron chi connectivity index (χ3n) is 3.45. The number of benzene rings is 1. The second-order valence-corrected chi connectivity index (χ2v) is 5.95. The molecule has 24 heavy (non-hydrogen) atoms. The first-order valence-corrected chi connectivity index (χ1v) is 7.78. The van der Waals surface area contributed by atoms with E-state index in [1.807, 2.05) is 0 Å². The number of hydrogen-bond acceptors (Lipinski definition) is 4. The first-order valence-electron chi connectivity index (χ1n) is 6.99. The number of halogens is 1. The molecule has 0 atom stereocenters. The highest BCUT2D eigenvalue weighted by Crippen LogP contribution is 2.18. The highest BCUT2D eigenvalue weighted by atomic mass is 79.9. The molecule has 7 nitrogen and oxygen atoms in total. The fourth-order valence-corrected chi connectivity index (χ4v) is 2.50. The number of ether oxygens (including phenoxy) is 1. The van der Waals surface area contributed by atoms with E-state index in [0.717, 1.165) is 4.47 Å². The van der Waals surface area contributed by atoms with E-state index in [2.05, 4.69) is 31.8 Å². The zero-order valence-corrected chi connectivity index (χ0v) is 14.9. The van der Waals surface area contributed by atoms with Crippen LogP contribution in [0.4, 0.5) is 0 Å². The minimum atomic E-state index is -0.559. The first kappa shape index (κ1) is 17.7. The molecular weight excluding hydrogens is 378 g/mol. The summed E-state index contributed by atoms with van der Waals surface area (Å²) in [4.78, 5) is 38.7. The number of nitrogens with one attached hydrogen (secondary N) is 3. The first-order chi connectivity index (χ1) is 11.3. The molecule has 0 saturated heterocycles. The zero-order chi connectivity index (χ0) is 17.9. The monoisotopic (exact) mass is 393 g/mol. The fraction of sp³-hybridized carbons (Fsp3) is 0.188. The van der Waals surface area contributed by atoms with E-state index in [4.69, 9.17) is 4.74 Å². The number of methoxy groups -OCH3 is 1. The number of aromatic amines is 1. The maximum Gasteiger partial charge on any atom is 0.339 e. The Hall–Kier alpha value is -2.61. The van der Waals surface area contributed by atoms with Crippen molar-refractivity contribution in [2.45, 2.75) is 13.8 Å². The molecule has 0 fully saturated rings. The van der Waals surface area contributed by atoms with Crippen LogP contribution in [0.1, 0.15) is 42.5 Å². The van der Waals surface area contributed by atoms with Crippen LogP contribution in [-0.2, 0) is 4.74 Å². The van der Waals surface area contributed by atoms with Gasteiger partial charge in [-0.15, -0.1) is 0 Å². The van der Waals surface area contributed by atoms with Gasteiger partial charge in [0.2, 0.25) is 0 Å². The number of aromatic nitrogens is 1. The lowest BCUT2D eigenvalue weighted by molar-refractivity contribution is 0.0599. The highest BCUT2D eigenvalue weighted by molar-refractivity contribution is 9.10. The van der Waals surface area contributed by atoms with Crippen molar-refractivity contribution >= 4 is 33.7 Å². The molecule has 0 aliphatic carbocycles. The number of aryl methyl sites for hydroxylation is 1. The van der Waals surface area contributed by atoms with Gasteiger partial charge in [-0.3, -0.25) is 20.4 Å². The Morgan fingerprint density at radius 2 is 1.62 bits per heavy atom. The average Bonchev–Trinajstić information content (AvgIpc) is 2.87. The van der Waals surface area contributed by atoms with Crippen molar-refractivity contribution in [2.75, 3.05) is 7.11 Å². The lowest BCUT2D eigenvalue weighted by atomic mass is 10.1. The van der Waals surface area contributed by atoms with E-state index < -0.39 is 17.8 Å². The standard InChI is InChI=1S/C16H16BrN3O4/c1-8-12(16(23)24-3)9(2)18-13(8)15(22)20-19-14(21)10-4-6-11(17)7-5-10/h4-7,18H,1-3H3,(H,19,21)(H,20,22). The fourth-order valence-electron chi connectivity index (χ4n) is 2.23. The molecule has 2 aromatic rings. The average molecular weight is 394 g/mol. The van der Waals surface area contributed by atoms with Crippen LogP contribution in [0.3, 0.4) is 0 Å². The van der Waals surface area contributed by atoms with Crippen molar-refractivity contribution in [3.8, 4) is 0 Å². The Morgan fingerprint density at radius 1 is 1.04 bits per heavy atom. The topological polar surface area (TPSA) is 100 Å². The normalized spacial score (nSPS) is 10.2. The van der Waals surface area contributed by atoms with Crippen LogP contribution in [0.25, 0.3) is 0 Å². The van der Waals surface area contributed by atoms with Crippen LogP contribution in [0, 0.1) is 13.8 Å². The van der Waals surface area contributed by atoms with Crippen molar-refractivity contribution in [3.63, 3.8) is 0 Å². The molecule has 2 rings (SSSR count). The van der Waals surface area contributed by atoms with Crippen LogP contribution in [-0.4, -0.2) is 29.9 Å². The Balaban J connectivity index is 2.09. The SMILES string of the molecule is COC(=O)c1c(C)[nH]c(C(=O)NNC(=O)c2ccc(Br)cc2)c1C.